The molecule has 1 unspecified atom stereocenters. The Morgan fingerprint density at radius 2 is 2.04 bits per heavy atom. The molecule has 2 aromatic rings. The number of fused-ring (bicyclic) bond motifs is 1. The molecule has 4 rings (SSSR count). The molecule has 2 aliphatic rings. The van der Waals surface area contributed by atoms with Crippen LogP contribution in [-0.4, -0.2) is 49.4 Å². The van der Waals surface area contributed by atoms with Gasteiger partial charge in [-0.2, -0.15) is 0 Å². The summed E-state index contributed by atoms with van der Waals surface area (Å²) in [6.07, 6.45) is 10.2. The monoisotopic (exact) mass is 418 g/mol. The summed E-state index contributed by atoms with van der Waals surface area (Å²) < 4.78 is 1.73. The van der Waals surface area contributed by atoms with Gasteiger partial charge in [0.15, 0.2) is 5.65 Å². The molecule has 2 fully saturated rings. The molecule has 28 heavy (non-hydrogen) atoms. The number of pyridine rings is 1. The molecule has 2 aromatic heterocycles. The summed E-state index contributed by atoms with van der Waals surface area (Å²) in [6, 6.07) is 3.64. The third kappa shape index (κ3) is 4.54. The number of likely N-dealkylation sites (tertiary alicyclic amines) is 1. The average Bonchev–Trinajstić information content (AvgIpc) is 3.25. The van der Waals surface area contributed by atoms with Crippen LogP contribution < -0.4 is 5.56 Å². The number of amides is 1. The quantitative estimate of drug-likeness (QED) is 0.527. The van der Waals surface area contributed by atoms with E-state index in [9.17, 15) is 9.59 Å². The fourth-order valence-electron chi connectivity index (χ4n) is 4.00. The molecule has 6 nitrogen and oxygen atoms in total. The van der Waals surface area contributed by atoms with E-state index in [1.807, 2.05) is 26.5 Å². The Kier molecular flexibility index (Phi) is 6.57. The Bertz CT molecular complexity index is 874. The first-order valence-electron chi connectivity index (χ1n) is 10.1. The van der Waals surface area contributed by atoms with Crippen molar-refractivity contribution >= 4 is 38.5 Å². The highest BCUT2D eigenvalue weighted by Crippen LogP contribution is 2.39. The van der Waals surface area contributed by atoms with E-state index in [-0.39, 0.29) is 17.5 Å². The first kappa shape index (κ1) is 19.8. The van der Waals surface area contributed by atoms with Crippen LogP contribution in [0.25, 0.3) is 11.0 Å². The number of rotatable bonds is 6. The van der Waals surface area contributed by atoms with Crippen LogP contribution in [0.2, 0.25) is 0 Å². The van der Waals surface area contributed by atoms with Gasteiger partial charge in [0.2, 0.25) is 5.91 Å². The van der Waals surface area contributed by atoms with Crippen molar-refractivity contribution in [1.29, 1.82) is 0 Å². The Morgan fingerprint density at radius 3 is 2.82 bits per heavy atom. The topological polar surface area (TPSA) is 68.1 Å². The van der Waals surface area contributed by atoms with Crippen molar-refractivity contribution in [2.24, 2.45) is 0 Å². The van der Waals surface area contributed by atoms with E-state index in [1.165, 1.54) is 18.6 Å². The lowest BCUT2D eigenvalue weighted by Crippen LogP contribution is -2.40. The molecule has 0 aromatic carbocycles. The van der Waals surface area contributed by atoms with Gasteiger partial charge in [0.25, 0.3) is 5.56 Å². The van der Waals surface area contributed by atoms with E-state index >= 15 is 0 Å². The van der Waals surface area contributed by atoms with Crippen LogP contribution in [-0.2, 0) is 4.79 Å². The highest BCUT2D eigenvalue weighted by molar-refractivity contribution is 8.77. The van der Waals surface area contributed by atoms with Crippen molar-refractivity contribution in [3.05, 3.63) is 35.0 Å². The van der Waals surface area contributed by atoms with Crippen molar-refractivity contribution in [3.63, 3.8) is 0 Å². The number of carbonyl (C=O) groups excluding carboxylic acids is 1. The number of nitrogens with zero attached hydrogens (tertiary/aromatic N) is 4. The molecule has 2 saturated heterocycles. The predicted octanol–water partition coefficient (Wildman–Crippen LogP) is 3.67. The summed E-state index contributed by atoms with van der Waals surface area (Å²) in [4.78, 5) is 35.7. The van der Waals surface area contributed by atoms with Gasteiger partial charge in [0, 0.05) is 42.8 Å². The van der Waals surface area contributed by atoms with Crippen molar-refractivity contribution in [2.45, 2.75) is 56.2 Å². The van der Waals surface area contributed by atoms with Crippen molar-refractivity contribution in [3.8, 4) is 0 Å². The smallest absolute Gasteiger partial charge is 0.263 e. The molecule has 1 amide bonds. The van der Waals surface area contributed by atoms with Gasteiger partial charge in [0.05, 0.1) is 5.39 Å². The molecule has 2 aliphatic heterocycles. The molecule has 1 atom stereocenters. The zero-order valence-electron chi connectivity index (χ0n) is 16.0. The SMILES string of the molecule is O=C(CCCCC1CCSS1)N1CCC(n2cnc3ncccc3c2=O)CC1. The molecule has 0 saturated carbocycles. The fraction of sp³-hybridized carbons (Fsp3) is 0.600. The van der Waals surface area contributed by atoms with Crippen molar-refractivity contribution < 1.29 is 4.79 Å². The van der Waals surface area contributed by atoms with Crippen LogP contribution in [0.4, 0.5) is 0 Å². The number of aromatic nitrogens is 3. The molecule has 0 bridgehead atoms. The lowest BCUT2D eigenvalue weighted by atomic mass is 10.0. The molecule has 0 spiro atoms. The summed E-state index contributed by atoms with van der Waals surface area (Å²) >= 11 is 0. The Balaban J connectivity index is 1.26. The van der Waals surface area contributed by atoms with Gasteiger partial charge < -0.3 is 4.90 Å². The number of piperidine rings is 1. The summed E-state index contributed by atoms with van der Waals surface area (Å²) in [5.74, 6) is 1.54. The molecule has 0 radical (unpaired) electrons. The van der Waals surface area contributed by atoms with E-state index in [1.54, 1.807) is 29.2 Å². The number of hydrogen-bond acceptors (Lipinski definition) is 6. The van der Waals surface area contributed by atoms with Gasteiger partial charge in [-0.3, -0.25) is 14.2 Å². The van der Waals surface area contributed by atoms with Crippen LogP contribution in [0.3, 0.4) is 0 Å². The predicted molar refractivity (Wildman–Crippen MR) is 116 cm³/mol. The molecule has 0 aliphatic carbocycles. The van der Waals surface area contributed by atoms with Gasteiger partial charge in [-0.1, -0.05) is 28.0 Å². The summed E-state index contributed by atoms with van der Waals surface area (Å²) in [5.41, 5.74) is 0.455. The van der Waals surface area contributed by atoms with Crippen LogP contribution in [0, 0.1) is 0 Å². The van der Waals surface area contributed by atoms with Crippen LogP contribution in [0.1, 0.15) is 51.0 Å². The third-order valence-corrected chi connectivity index (χ3v) is 8.67. The lowest BCUT2D eigenvalue weighted by molar-refractivity contribution is -0.132. The molecule has 4 heterocycles. The Hall–Kier alpha value is -1.54. The molecular weight excluding hydrogens is 392 g/mol. The number of carbonyl (C=O) groups is 1. The first-order valence-corrected chi connectivity index (χ1v) is 12.5. The minimum atomic E-state index is -0.0363. The van der Waals surface area contributed by atoms with E-state index < -0.39 is 0 Å². The third-order valence-electron chi connectivity index (χ3n) is 5.66. The molecular formula is C20H26N4O2S2. The van der Waals surface area contributed by atoms with E-state index in [0.29, 0.717) is 17.5 Å². The number of hydrogen-bond donors (Lipinski definition) is 0. The highest BCUT2D eigenvalue weighted by Gasteiger charge is 2.25. The minimum absolute atomic E-state index is 0.0363. The summed E-state index contributed by atoms with van der Waals surface area (Å²) in [5, 5.41) is 1.35. The second-order valence-electron chi connectivity index (χ2n) is 7.52. The van der Waals surface area contributed by atoms with Gasteiger partial charge >= 0.3 is 0 Å². The maximum atomic E-state index is 12.7. The fourth-order valence-corrected chi connectivity index (χ4v) is 7.03. The van der Waals surface area contributed by atoms with E-state index in [4.69, 9.17) is 0 Å². The summed E-state index contributed by atoms with van der Waals surface area (Å²) in [6.45, 7) is 1.44. The zero-order valence-corrected chi connectivity index (χ0v) is 17.6. The lowest BCUT2D eigenvalue weighted by Gasteiger charge is -2.33. The number of unbranched alkanes of at least 4 members (excludes halogenated alkanes) is 1. The maximum Gasteiger partial charge on any atom is 0.263 e. The summed E-state index contributed by atoms with van der Waals surface area (Å²) in [7, 11) is 3.99. The van der Waals surface area contributed by atoms with E-state index in [0.717, 1.165) is 44.0 Å². The van der Waals surface area contributed by atoms with Gasteiger partial charge in [-0.15, -0.1) is 0 Å². The Morgan fingerprint density at radius 1 is 1.18 bits per heavy atom. The average molecular weight is 419 g/mol. The first-order chi connectivity index (χ1) is 13.7. The Labute approximate surface area is 172 Å². The van der Waals surface area contributed by atoms with Gasteiger partial charge in [0.1, 0.15) is 6.33 Å². The molecule has 0 N–H and O–H groups in total. The maximum absolute atomic E-state index is 12.7. The second-order valence-corrected chi connectivity index (χ2v) is 10.3. The van der Waals surface area contributed by atoms with Crippen molar-refractivity contribution in [1.82, 2.24) is 19.4 Å². The largest absolute Gasteiger partial charge is 0.343 e. The van der Waals surface area contributed by atoms with Crippen LogP contribution in [0.15, 0.2) is 29.5 Å². The minimum Gasteiger partial charge on any atom is -0.343 e. The van der Waals surface area contributed by atoms with Crippen LogP contribution in [0.5, 0.6) is 0 Å². The van der Waals surface area contributed by atoms with E-state index in [2.05, 4.69) is 9.97 Å². The van der Waals surface area contributed by atoms with Crippen LogP contribution >= 0.6 is 21.6 Å². The van der Waals surface area contributed by atoms with Gasteiger partial charge in [-0.05, 0) is 44.2 Å². The highest BCUT2D eigenvalue weighted by atomic mass is 33.1. The second kappa shape index (κ2) is 9.31. The molecule has 150 valence electrons. The normalized spacial score (nSPS) is 20.7. The molecule has 8 heteroatoms. The zero-order chi connectivity index (χ0) is 19.3. The van der Waals surface area contributed by atoms with Gasteiger partial charge in [-0.25, -0.2) is 9.97 Å². The standard InChI is InChI=1S/C20H26N4O2S2/c25-18(6-2-1-4-16-9-13-27-28-16)23-11-7-15(8-12-23)24-14-22-19-17(20(24)26)5-3-10-21-19/h3,5,10,14-16H,1-2,4,6-9,11-13H2. The van der Waals surface area contributed by atoms with Crippen molar-refractivity contribution in [2.75, 3.05) is 18.8 Å².